The molecule has 0 saturated heterocycles. The largest absolute Gasteiger partial charge is 0.438 e. The third-order valence-corrected chi connectivity index (χ3v) is 3.85. The summed E-state index contributed by atoms with van der Waals surface area (Å²) in [6.45, 7) is 0. The van der Waals surface area contributed by atoms with Crippen LogP contribution >= 0.6 is 0 Å². The van der Waals surface area contributed by atoms with Crippen molar-refractivity contribution in [1.82, 2.24) is 24.6 Å². The van der Waals surface area contributed by atoms with Crippen LogP contribution in [0.25, 0.3) is 39.5 Å². The van der Waals surface area contributed by atoms with Gasteiger partial charge in [0.15, 0.2) is 11.5 Å². The van der Waals surface area contributed by atoms with Crippen molar-refractivity contribution in [1.29, 1.82) is 0 Å². The number of furan rings is 1. The molecule has 0 saturated carbocycles. The molecule has 5 aromatic rings. The van der Waals surface area contributed by atoms with Gasteiger partial charge in [-0.2, -0.15) is 0 Å². The zero-order chi connectivity index (χ0) is 15.9. The van der Waals surface area contributed by atoms with Crippen LogP contribution in [-0.2, 0) is 0 Å². The van der Waals surface area contributed by atoms with Crippen LogP contribution in [0.1, 0.15) is 0 Å². The maximum atomic E-state index is 5.87. The van der Waals surface area contributed by atoms with Crippen LogP contribution in [0.2, 0.25) is 0 Å². The van der Waals surface area contributed by atoms with Crippen molar-refractivity contribution >= 4 is 16.7 Å². The van der Waals surface area contributed by atoms with E-state index < -0.39 is 0 Å². The second-order valence-corrected chi connectivity index (χ2v) is 5.39. The minimum Gasteiger partial charge on any atom is -0.438 e. The van der Waals surface area contributed by atoms with Crippen molar-refractivity contribution in [2.45, 2.75) is 0 Å². The lowest BCUT2D eigenvalue weighted by molar-refractivity contribution is 0.616. The minimum atomic E-state index is 0.548. The zero-order valence-corrected chi connectivity index (χ0v) is 12.5. The van der Waals surface area contributed by atoms with Crippen molar-refractivity contribution in [2.75, 3.05) is 0 Å². The average Bonchev–Trinajstić information content (AvgIpc) is 3.27. The standard InChI is InChI=1S/C18H11N5O/c1-2-5-12(6-3-1)15-9-14-17-21-16(13-7-4-8-19-10-13)22-23(17)11-20-18(14)24-15/h1-11H. The number of hydrogen-bond acceptors (Lipinski definition) is 5. The van der Waals surface area contributed by atoms with Crippen LogP contribution in [-0.4, -0.2) is 24.6 Å². The first kappa shape index (κ1) is 13.0. The molecule has 0 fully saturated rings. The molecule has 5 rings (SSSR count). The molecule has 0 aliphatic heterocycles. The summed E-state index contributed by atoms with van der Waals surface area (Å²) in [5.74, 6) is 1.37. The summed E-state index contributed by atoms with van der Waals surface area (Å²) in [7, 11) is 0. The maximum Gasteiger partial charge on any atom is 0.231 e. The van der Waals surface area contributed by atoms with Gasteiger partial charge in [0.05, 0.1) is 5.39 Å². The van der Waals surface area contributed by atoms with Crippen LogP contribution in [0.4, 0.5) is 0 Å². The summed E-state index contributed by atoms with van der Waals surface area (Å²) < 4.78 is 7.53. The highest BCUT2D eigenvalue weighted by Gasteiger charge is 2.14. The SMILES string of the molecule is c1ccc(-c2cc3c(ncn4nc(-c5cccnc5)nc34)o2)cc1. The molecule has 0 aliphatic rings. The summed E-state index contributed by atoms with van der Waals surface area (Å²) in [6.07, 6.45) is 5.08. The van der Waals surface area contributed by atoms with Crippen molar-refractivity contribution in [2.24, 2.45) is 0 Å². The van der Waals surface area contributed by atoms with Gasteiger partial charge in [0.2, 0.25) is 5.71 Å². The Morgan fingerprint density at radius 3 is 2.67 bits per heavy atom. The Labute approximate surface area is 136 Å². The molecule has 6 heteroatoms. The molecule has 0 radical (unpaired) electrons. The van der Waals surface area contributed by atoms with Gasteiger partial charge >= 0.3 is 0 Å². The van der Waals surface area contributed by atoms with Crippen LogP contribution < -0.4 is 0 Å². The smallest absolute Gasteiger partial charge is 0.231 e. The predicted octanol–water partition coefficient (Wildman–Crippen LogP) is 3.60. The molecule has 0 atom stereocenters. The van der Waals surface area contributed by atoms with Crippen molar-refractivity contribution < 1.29 is 4.42 Å². The molecule has 4 aromatic heterocycles. The molecule has 0 spiro atoms. The van der Waals surface area contributed by atoms with Gasteiger partial charge in [-0.05, 0) is 18.2 Å². The summed E-state index contributed by atoms with van der Waals surface area (Å²) in [5.41, 5.74) is 3.12. The summed E-state index contributed by atoms with van der Waals surface area (Å²) in [6, 6.07) is 15.7. The second kappa shape index (κ2) is 4.99. The van der Waals surface area contributed by atoms with Gasteiger partial charge in [0, 0.05) is 23.5 Å². The molecule has 0 amide bonds. The van der Waals surface area contributed by atoms with E-state index in [-0.39, 0.29) is 0 Å². The van der Waals surface area contributed by atoms with Gasteiger partial charge in [0.1, 0.15) is 12.1 Å². The first-order valence-corrected chi connectivity index (χ1v) is 7.49. The quantitative estimate of drug-likeness (QED) is 0.498. The average molecular weight is 313 g/mol. The van der Waals surface area contributed by atoms with Crippen LogP contribution in [0.3, 0.4) is 0 Å². The Balaban J connectivity index is 1.72. The molecular weight excluding hydrogens is 302 g/mol. The highest BCUT2D eigenvalue weighted by molar-refractivity contribution is 5.91. The fourth-order valence-electron chi connectivity index (χ4n) is 2.69. The fraction of sp³-hybridized carbons (Fsp3) is 0. The van der Waals surface area contributed by atoms with E-state index in [9.17, 15) is 0 Å². The van der Waals surface area contributed by atoms with Gasteiger partial charge < -0.3 is 4.42 Å². The van der Waals surface area contributed by atoms with Gasteiger partial charge in [-0.1, -0.05) is 30.3 Å². The third-order valence-electron chi connectivity index (χ3n) is 3.85. The van der Waals surface area contributed by atoms with E-state index in [0.29, 0.717) is 17.2 Å². The lowest BCUT2D eigenvalue weighted by atomic mass is 10.2. The van der Waals surface area contributed by atoms with E-state index in [1.165, 1.54) is 0 Å². The van der Waals surface area contributed by atoms with E-state index in [2.05, 4.69) is 20.1 Å². The van der Waals surface area contributed by atoms with E-state index in [1.54, 1.807) is 23.2 Å². The monoisotopic (exact) mass is 313 g/mol. The molecule has 6 nitrogen and oxygen atoms in total. The van der Waals surface area contributed by atoms with E-state index >= 15 is 0 Å². The Morgan fingerprint density at radius 2 is 1.83 bits per heavy atom. The highest BCUT2D eigenvalue weighted by Crippen LogP contribution is 2.29. The molecule has 0 aliphatic carbocycles. The maximum absolute atomic E-state index is 5.87. The first-order chi connectivity index (χ1) is 11.9. The van der Waals surface area contributed by atoms with Gasteiger partial charge in [-0.15, -0.1) is 5.10 Å². The molecule has 0 bridgehead atoms. The van der Waals surface area contributed by atoms with Crippen molar-refractivity contribution in [3.63, 3.8) is 0 Å². The van der Waals surface area contributed by atoms with Crippen LogP contribution in [0.5, 0.6) is 0 Å². The Kier molecular flexibility index (Phi) is 2.69. The normalized spacial score (nSPS) is 11.3. The van der Waals surface area contributed by atoms with Gasteiger partial charge in [-0.25, -0.2) is 14.5 Å². The number of pyridine rings is 1. The second-order valence-electron chi connectivity index (χ2n) is 5.39. The number of benzene rings is 1. The number of fused-ring (bicyclic) bond motifs is 3. The molecule has 114 valence electrons. The third kappa shape index (κ3) is 1.97. The Bertz CT molecular complexity index is 1050. The molecule has 4 heterocycles. The predicted molar refractivity (Wildman–Crippen MR) is 89.2 cm³/mol. The van der Waals surface area contributed by atoms with E-state index in [4.69, 9.17) is 4.42 Å². The Hall–Kier alpha value is -3.54. The Morgan fingerprint density at radius 1 is 0.958 bits per heavy atom. The van der Waals surface area contributed by atoms with Crippen LogP contribution in [0.15, 0.2) is 71.7 Å². The highest BCUT2D eigenvalue weighted by atomic mass is 16.3. The number of nitrogens with zero attached hydrogens (tertiary/aromatic N) is 5. The lowest BCUT2D eigenvalue weighted by Crippen LogP contribution is -1.89. The van der Waals surface area contributed by atoms with Crippen molar-refractivity contribution in [3.05, 3.63) is 67.3 Å². The summed E-state index contributed by atoms with van der Waals surface area (Å²) in [5, 5.41) is 5.31. The summed E-state index contributed by atoms with van der Waals surface area (Å²) in [4.78, 5) is 13.1. The minimum absolute atomic E-state index is 0.548. The molecule has 0 unspecified atom stereocenters. The van der Waals surface area contributed by atoms with E-state index in [0.717, 1.165) is 22.3 Å². The number of aromatic nitrogens is 5. The lowest BCUT2D eigenvalue weighted by Gasteiger charge is -1.93. The first-order valence-electron chi connectivity index (χ1n) is 7.49. The van der Waals surface area contributed by atoms with Crippen molar-refractivity contribution in [3.8, 4) is 22.7 Å². The molecule has 24 heavy (non-hydrogen) atoms. The number of rotatable bonds is 2. The summed E-state index contributed by atoms with van der Waals surface area (Å²) >= 11 is 0. The molecule has 0 N–H and O–H groups in total. The number of hydrogen-bond donors (Lipinski definition) is 0. The fourth-order valence-corrected chi connectivity index (χ4v) is 2.69. The van der Waals surface area contributed by atoms with Crippen LogP contribution in [0, 0.1) is 0 Å². The molecular formula is C18H11N5O. The van der Waals surface area contributed by atoms with E-state index in [1.807, 2.05) is 48.5 Å². The van der Waals surface area contributed by atoms with Gasteiger partial charge in [-0.3, -0.25) is 4.98 Å². The molecule has 1 aromatic carbocycles. The van der Waals surface area contributed by atoms with Gasteiger partial charge in [0.25, 0.3) is 0 Å². The topological polar surface area (TPSA) is 69.1 Å². The zero-order valence-electron chi connectivity index (χ0n) is 12.5.